The molecule has 0 spiro atoms. The predicted octanol–water partition coefficient (Wildman–Crippen LogP) is 5.49. The highest BCUT2D eigenvalue weighted by Gasteiger charge is 2.19. The van der Waals surface area contributed by atoms with Crippen LogP contribution >= 0.6 is 0 Å². The minimum Gasteiger partial charge on any atom is -0.103 e. The minimum absolute atomic E-state index is 0.874. The lowest BCUT2D eigenvalue weighted by molar-refractivity contribution is 0.489. The molecule has 0 saturated heterocycles. The Morgan fingerprint density at radius 1 is 1.13 bits per heavy atom. The van der Waals surface area contributed by atoms with Crippen LogP contribution in [0.25, 0.3) is 0 Å². The molecule has 0 aromatic rings. The van der Waals surface area contributed by atoms with Crippen molar-refractivity contribution in [1.82, 2.24) is 0 Å². The second kappa shape index (κ2) is 8.15. The van der Waals surface area contributed by atoms with Crippen molar-refractivity contribution in [2.75, 3.05) is 0 Å². The van der Waals surface area contributed by atoms with E-state index in [4.69, 9.17) is 0 Å². The Kier molecular flexibility index (Phi) is 8.13. The second-order valence-corrected chi connectivity index (χ2v) is 11.5. The van der Waals surface area contributed by atoms with Crippen molar-refractivity contribution in [3.8, 4) is 0 Å². The van der Waals surface area contributed by atoms with E-state index in [1.807, 2.05) is 0 Å². The molecule has 0 aliphatic heterocycles. The summed E-state index contributed by atoms with van der Waals surface area (Å²) in [6.07, 6.45) is 10.4. The largest absolute Gasteiger partial charge is 0.103 e. The van der Waals surface area contributed by atoms with E-state index in [9.17, 15) is 0 Å². The van der Waals surface area contributed by atoms with Gasteiger partial charge in [0.15, 0.2) is 0 Å². The van der Waals surface area contributed by atoms with Gasteiger partial charge in [0.25, 0.3) is 0 Å². The third-order valence-corrected chi connectivity index (χ3v) is 4.67. The average molecular weight is 226 g/mol. The van der Waals surface area contributed by atoms with E-state index in [0.717, 1.165) is 5.92 Å². The quantitative estimate of drug-likeness (QED) is 0.277. The van der Waals surface area contributed by atoms with Crippen molar-refractivity contribution in [1.29, 1.82) is 0 Å². The third-order valence-electron chi connectivity index (χ3n) is 2.87. The van der Waals surface area contributed by atoms with Crippen LogP contribution in [0.15, 0.2) is 12.7 Å². The van der Waals surface area contributed by atoms with Crippen LogP contribution in [0.5, 0.6) is 0 Å². The van der Waals surface area contributed by atoms with Gasteiger partial charge in [-0.2, -0.15) is 0 Å². The first-order valence-corrected chi connectivity index (χ1v) is 10.3. The van der Waals surface area contributed by atoms with Gasteiger partial charge in [-0.3, -0.25) is 0 Å². The molecule has 0 heterocycles. The van der Waals surface area contributed by atoms with E-state index in [-0.39, 0.29) is 0 Å². The summed E-state index contributed by atoms with van der Waals surface area (Å²) >= 11 is 0. The van der Waals surface area contributed by atoms with Crippen LogP contribution in [-0.2, 0) is 0 Å². The van der Waals surface area contributed by atoms with Crippen molar-refractivity contribution < 1.29 is 0 Å². The Labute approximate surface area is 98.2 Å². The zero-order valence-corrected chi connectivity index (χ0v) is 12.3. The highest BCUT2D eigenvalue weighted by Crippen LogP contribution is 2.25. The van der Waals surface area contributed by atoms with Crippen molar-refractivity contribution in [2.24, 2.45) is 5.92 Å². The maximum atomic E-state index is 3.89. The molecular formula is C14H30Si. The van der Waals surface area contributed by atoms with Crippen molar-refractivity contribution >= 4 is 8.07 Å². The Bertz CT molecular complexity index is 155. The number of hydrogen-bond acceptors (Lipinski definition) is 0. The summed E-state index contributed by atoms with van der Waals surface area (Å²) in [7, 11) is -0.874. The fourth-order valence-corrected chi connectivity index (χ4v) is 4.37. The fraction of sp³-hybridized carbons (Fsp3) is 0.857. The molecular weight excluding hydrogens is 196 g/mol. The summed E-state index contributed by atoms with van der Waals surface area (Å²) < 4.78 is 0. The molecule has 0 aromatic carbocycles. The van der Waals surface area contributed by atoms with Gasteiger partial charge in [-0.05, 0) is 12.3 Å². The maximum absolute atomic E-state index is 3.89. The summed E-state index contributed by atoms with van der Waals surface area (Å²) in [6, 6.07) is 1.48. The van der Waals surface area contributed by atoms with Gasteiger partial charge in [-0.25, -0.2) is 0 Å². The summed E-state index contributed by atoms with van der Waals surface area (Å²) in [5, 5.41) is 0. The van der Waals surface area contributed by atoms with E-state index in [1.54, 1.807) is 0 Å². The van der Waals surface area contributed by atoms with Gasteiger partial charge in [-0.1, -0.05) is 70.8 Å². The first-order chi connectivity index (χ1) is 6.99. The summed E-state index contributed by atoms with van der Waals surface area (Å²) in [4.78, 5) is 0. The predicted molar refractivity (Wildman–Crippen MR) is 75.2 cm³/mol. The first-order valence-electron chi connectivity index (χ1n) is 6.60. The van der Waals surface area contributed by atoms with Gasteiger partial charge in [0.2, 0.25) is 0 Å². The van der Waals surface area contributed by atoms with Crippen LogP contribution in [0.2, 0.25) is 25.7 Å². The van der Waals surface area contributed by atoms with E-state index in [2.05, 4.69) is 39.2 Å². The maximum Gasteiger partial charge on any atom is 0.0445 e. The van der Waals surface area contributed by atoms with Crippen LogP contribution in [0.1, 0.15) is 45.4 Å². The molecule has 90 valence electrons. The number of rotatable bonds is 9. The van der Waals surface area contributed by atoms with Crippen LogP contribution in [0.3, 0.4) is 0 Å². The second-order valence-electron chi connectivity index (χ2n) is 6.00. The fourth-order valence-electron chi connectivity index (χ4n) is 2.26. The summed E-state index contributed by atoms with van der Waals surface area (Å²) in [5.74, 6) is 0.922. The minimum atomic E-state index is -0.874. The van der Waals surface area contributed by atoms with Crippen LogP contribution < -0.4 is 0 Å². The number of allylic oxidation sites excluding steroid dienone is 1. The summed E-state index contributed by atoms with van der Waals surface area (Å²) in [5.41, 5.74) is 0. The smallest absolute Gasteiger partial charge is 0.0445 e. The van der Waals surface area contributed by atoms with Gasteiger partial charge < -0.3 is 0 Å². The molecule has 0 amide bonds. The van der Waals surface area contributed by atoms with E-state index < -0.39 is 8.07 Å². The summed E-state index contributed by atoms with van der Waals surface area (Å²) in [6.45, 7) is 13.6. The lowest BCUT2D eigenvalue weighted by atomic mass is 9.99. The monoisotopic (exact) mass is 226 g/mol. The van der Waals surface area contributed by atoms with Crippen LogP contribution in [-0.4, -0.2) is 8.07 Å². The highest BCUT2D eigenvalue weighted by molar-refractivity contribution is 6.76. The molecule has 0 aliphatic rings. The zero-order valence-electron chi connectivity index (χ0n) is 11.3. The number of hydrogen-bond donors (Lipinski definition) is 0. The molecule has 0 aliphatic carbocycles. The molecule has 1 unspecified atom stereocenters. The van der Waals surface area contributed by atoms with Gasteiger partial charge in [0, 0.05) is 8.07 Å². The molecule has 0 rings (SSSR count). The van der Waals surface area contributed by atoms with Crippen molar-refractivity contribution in [3.63, 3.8) is 0 Å². The lowest BCUT2D eigenvalue weighted by Crippen LogP contribution is -2.23. The Morgan fingerprint density at radius 2 is 1.80 bits per heavy atom. The molecule has 0 nitrogen and oxygen atoms in total. The Balaban J connectivity index is 3.78. The van der Waals surface area contributed by atoms with Gasteiger partial charge in [0.1, 0.15) is 0 Å². The van der Waals surface area contributed by atoms with Crippen molar-refractivity contribution in [3.05, 3.63) is 12.7 Å². The van der Waals surface area contributed by atoms with E-state index in [1.165, 1.54) is 44.6 Å². The Hall–Kier alpha value is -0.0431. The molecule has 0 bridgehead atoms. The molecule has 0 N–H and O–H groups in total. The normalized spacial score (nSPS) is 13.9. The van der Waals surface area contributed by atoms with Gasteiger partial charge in [-0.15, -0.1) is 6.58 Å². The molecule has 15 heavy (non-hydrogen) atoms. The average Bonchev–Trinajstić information content (AvgIpc) is 2.10. The van der Waals surface area contributed by atoms with Crippen LogP contribution in [0.4, 0.5) is 0 Å². The van der Waals surface area contributed by atoms with E-state index in [0.29, 0.717) is 0 Å². The molecule has 0 aromatic heterocycles. The third kappa shape index (κ3) is 10.2. The highest BCUT2D eigenvalue weighted by atomic mass is 28.3. The zero-order chi connectivity index (χ0) is 11.7. The van der Waals surface area contributed by atoms with Gasteiger partial charge >= 0.3 is 0 Å². The van der Waals surface area contributed by atoms with Crippen molar-refractivity contribution in [2.45, 2.75) is 71.1 Å². The number of unbranched alkanes of at least 4 members (excludes halogenated alkanes) is 3. The first kappa shape index (κ1) is 15.0. The lowest BCUT2D eigenvalue weighted by Gasteiger charge is -2.23. The van der Waals surface area contributed by atoms with Crippen LogP contribution in [0, 0.1) is 5.92 Å². The molecule has 0 radical (unpaired) electrons. The van der Waals surface area contributed by atoms with Gasteiger partial charge in [0.05, 0.1) is 0 Å². The molecule has 0 saturated carbocycles. The van der Waals surface area contributed by atoms with E-state index >= 15 is 0 Å². The SMILES string of the molecule is C=CCC(CCCCCC)C[Si](C)(C)C. The Morgan fingerprint density at radius 3 is 2.27 bits per heavy atom. The molecule has 1 atom stereocenters. The topological polar surface area (TPSA) is 0 Å². The standard InChI is InChI=1S/C14H30Si/c1-6-8-9-10-12-14(11-7-2)13-15(3,4)5/h7,14H,2,6,8-13H2,1,3-5H3. The molecule has 1 heteroatoms. The molecule has 0 fully saturated rings.